The summed E-state index contributed by atoms with van der Waals surface area (Å²) < 4.78 is 5.65. The number of aryl methyl sites for hydroxylation is 1. The van der Waals surface area contributed by atoms with Crippen molar-refractivity contribution in [1.29, 1.82) is 0 Å². The summed E-state index contributed by atoms with van der Waals surface area (Å²) in [6.07, 6.45) is 4.86. The highest BCUT2D eigenvalue weighted by molar-refractivity contribution is 5.79. The number of guanidine groups is 1. The summed E-state index contributed by atoms with van der Waals surface area (Å²) in [5.74, 6) is 0.915. The van der Waals surface area contributed by atoms with E-state index in [1.165, 1.54) is 37.1 Å². The van der Waals surface area contributed by atoms with Crippen LogP contribution in [0.25, 0.3) is 0 Å². The number of hydrogen-bond donors (Lipinski definition) is 2. The number of hydrogen-bond acceptors (Lipinski definition) is 3. The highest BCUT2D eigenvalue weighted by atomic mass is 16.5. The number of ether oxygens (including phenoxy) is 1. The number of nitrogens with one attached hydrogen (secondary N) is 2. The molecule has 0 amide bonds. The molecule has 2 fully saturated rings. The summed E-state index contributed by atoms with van der Waals surface area (Å²) in [4.78, 5) is 7.49. The van der Waals surface area contributed by atoms with E-state index in [2.05, 4.69) is 53.6 Å². The zero-order chi connectivity index (χ0) is 18.2. The smallest absolute Gasteiger partial charge is 0.191 e. The normalized spacial score (nSPS) is 20.9. The van der Waals surface area contributed by atoms with E-state index in [1.54, 1.807) is 0 Å². The van der Waals surface area contributed by atoms with Crippen molar-refractivity contribution in [2.75, 3.05) is 39.4 Å². The molecule has 0 radical (unpaired) electrons. The van der Waals surface area contributed by atoms with Crippen molar-refractivity contribution in [1.82, 2.24) is 15.5 Å². The molecule has 2 aliphatic rings. The molecule has 0 bridgehead atoms. The molecule has 144 valence electrons. The Hall–Kier alpha value is -1.59. The van der Waals surface area contributed by atoms with Crippen LogP contribution < -0.4 is 10.6 Å². The van der Waals surface area contributed by atoms with Crippen LogP contribution in [0.1, 0.15) is 43.7 Å². The summed E-state index contributed by atoms with van der Waals surface area (Å²) in [6, 6.07) is 8.62. The highest BCUT2D eigenvalue weighted by Gasteiger charge is 2.39. The second-order valence-corrected chi connectivity index (χ2v) is 7.57. The number of rotatable bonds is 6. The van der Waals surface area contributed by atoms with Gasteiger partial charge in [-0.2, -0.15) is 0 Å². The minimum Gasteiger partial charge on any atom is -0.381 e. The van der Waals surface area contributed by atoms with E-state index in [9.17, 15) is 0 Å². The van der Waals surface area contributed by atoms with Crippen LogP contribution in [0.4, 0.5) is 0 Å². The van der Waals surface area contributed by atoms with Gasteiger partial charge >= 0.3 is 0 Å². The number of nitrogens with zero attached hydrogens (tertiary/aromatic N) is 2. The quantitative estimate of drug-likeness (QED) is 0.606. The third-order valence-electron chi connectivity index (χ3n) is 5.67. The Morgan fingerprint density at radius 1 is 1.12 bits per heavy atom. The lowest BCUT2D eigenvalue weighted by atomic mass is 9.88. The average Bonchev–Trinajstić information content (AvgIpc) is 3.22. The van der Waals surface area contributed by atoms with Crippen LogP contribution in [0.2, 0.25) is 0 Å². The lowest BCUT2D eigenvalue weighted by Crippen LogP contribution is -2.58. The van der Waals surface area contributed by atoms with E-state index in [1.807, 2.05) is 0 Å². The maximum absolute atomic E-state index is 5.65. The zero-order valence-electron chi connectivity index (χ0n) is 16.4. The highest BCUT2D eigenvalue weighted by Crippen LogP contribution is 2.30. The van der Waals surface area contributed by atoms with Gasteiger partial charge in [0.2, 0.25) is 0 Å². The number of likely N-dealkylation sites (tertiary alicyclic amines) is 1. The predicted molar refractivity (Wildman–Crippen MR) is 108 cm³/mol. The molecule has 0 spiro atoms. The molecule has 0 unspecified atom stereocenters. The Labute approximate surface area is 158 Å². The third-order valence-corrected chi connectivity index (χ3v) is 5.67. The van der Waals surface area contributed by atoms with Gasteiger partial charge in [-0.15, -0.1) is 0 Å². The van der Waals surface area contributed by atoms with Gasteiger partial charge in [-0.05, 0) is 58.2 Å². The van der Waals surface area contributed by atoms with Crippen molar-refractivity contribution < 1.29 is 4.74 Å². The monoisotopic (exact) mass is 358 g/mol. The Bertz CT molecular complexity index is 572. The topological polar surface area (TPSA) is 48.9 Å². The second-order valence-electron chi connectivity index (χ2n) is 7.57. The lowest BCUT2D eigenvalue weighted by molar-refractivity contribution is -0.0164. The summed E-state index contributed by atoms with van der Waals surface area (Å²) in [5, 5.41) is 7.03. The van der Waals surface area contributed by atoms with Gasteiger partial charge in [-0.1, -0.05) is 29.8 Å². The van der Waals surface area contributed by atoms with Crippen LogP contribution in [0.15, 0.2) is 29.3 Å². The van der Waals surface area contributed by atoms with Gasteiger partial charge < -0.3 is 15.4 Å². The van der Waals surface area contributed by atoms with Crippen LogP contribution in [-0.4, -0.2) is 55.8 Å². The molecule has 1 aromatic carbocycles. The molecular weight excluding hydrogens is 324 g/mol. The zero-order valence-corrected chi connectivity index (χ0v) is 16.4. The first-order valence-corrected chi connectivity index (χ1v) is 10.1. The maximum atomic E-state index is 5.65. The molecule has 3 rings (SSSR count). The van der Waals surface area contributed by atoms with Gasteiger partial charge in [0.25, 0.3) is 0 Å². The SMILES string of the molecule is CCNC(=NCc1ccc(C)cc1)NCC1(N2CCCC2)CCOCC1. The van der Waals surface area contributed by atoms with E-state index in [4.69, 9.17) is 9.73 Å². The summed E-state index contributed by atoms with van der Waals surface area (Å²) >= 11 is 0. The first kappa shape index (κ1) is 19.2. The van der Waals surface area contributed by atoms with E-state index in [0.717, 1.165) is 45.1 Å². The standard InChI is InChI=1S/C21H34N4O/c1-3-22-20(23-16-19-8-6-18(2)7-9-19)24-17-21(10-14-26-15-11-21)25-12-4-5-13-25/h6-9H,3-5,10-17H2,1-2H3,(H2,22,23,24). The van der Waals surface area contributed by atoms with Crippen molar-refractivity contribution in [3.63, 3.8) is 0 Å². The van der Waals surface area contributed by atoms with E-state index < -0.39 is 0 Å². The van der Waals surface area contributed by atoms with Crippen molar-refractivity contribution >= 4 is 5.96 Å². The average molecular weight is 359 g/mol. The van der Waals surface area contributed by atoms with Gasteiger partial charge in [0.05, 0.1) is 6.54 Å². The van der Waals surface area contributed by atoms with Gasteiger partial charge in [0.15, 0.2) is 5.96 Å². The van der Waals surface area contributed by atoms with Gasteiger partial charge in [0.1, 0.15) is 0 Å². The lowest BCUT2D eigenvalue weighted by Gasteiger charge is -2.45. The van der Waals surface area contributed by atoms with Crippen molar-refractivity contribution in [3.05, 3.63) is 35.4 Å². The van der Waals surface area contributed by atoms with Crippen LogP contribution in [0, 0.1) is 6.92 Å². The summed E-state index contributed by atoms with van der Waals surface area (Å²) in [5.41, 5.74) is 2.75. The number of aliphatic imine (C=N–C) groups is 1. The molecule has 2 heterocycles. The molecule has 0 aromatic heterocycles. The van der Waals surface area contributed by atoms with Gasteiger partial charge in [0, 0.05) is 31.8 Å². The summed E-state index contributed by atoms with van der Waals surface area (Å²) in [7, 11) is 0. The third kappa shape index (κ3) is 4.98. The number of benzene rings is 1. The maximum Gasteiger partial charge on any atom is 0.191 e. The van der Waals surface area contributed by atoms with E-state index >= 15 is 0 Å². The van der Waals surface area contributed by atoms with E-state index in [0.29, 0.717) is 6.54 Å². The Balaban J connectivity index is 1.63. The minimum atomic E-state index is 0.217. The molecule has 2 aliphatic heterocycles. The largest absolute Gasteiger partial charge is 0.381 e. The predicted octanol–water partition coefficient (Wildman–Crippen LogP) is 2.70. The first-order valence-electron chi connectivity index (χ1n) is 10.1. The minimum absolute atomic E-state index is 0.217. The van der Waals surface area contributed by atoms with Crippen LogP contribution in [-0.2, 0) is 11.3 Å². The second kappa shape index (κ2) is 9.38. The molecule has 2 saturated heterocycles. The molecule has 0 atom stereocenters. The molecule has 26 heavy (non-hydrogen) atoms. The first-order chi connectivity index (χ1) is 12.7. The van der Waals surface area contributed by atoms with Gasteiger partial charge in [-0.3, -0.25) is 4.90 Å². The Morgan fingerprint density at radius 3 is 2.46 bits per heavy atom. The molecule has 5 heteroatoms. The Morgan fingerprint density at radius 2 is 1.81 bits per heavy atom. The fraction of sp³-hybridized carbons (Fsp3) is 0.667. The molecule has 5 nitrogen and oxygen atoms in total. The fourth-order valence-electron chi connectivity index (χ4n) is 4.00. The molecular formula is C21H34N4O. The molecule has 0 aliphatic carbocycles. The molecule has 2 N–H and O–H groups in total. The van der Waals surface area contributed by atoms with Crippen LogP contribution >= 0.6 is 0 Å². The molecule has 0 saturated carbocycles. The Kier molecular flexibility index (Phi) is 6.92. The van der Waals surface area contributed by atoms with Crippen molar-refractivity contribution in [2.45, 2.75) is 51.6 Å². The van der Waals surface area contributed by atoms with Crippen molar-refractivity contribution in [3.8, 4) is 0 Å². The van der Waals surface area contributed by atoms with Gasteiger partial charge in [-0.25, -0.2) is 4.99 Å². The van der Waals surface area contributed by atoms with Crippen LogP contribution in [0.5, 0.6) is 0 Å². The van der Waals surface area contributed by atoms with Crippen molar-refractivity contribution in [2.24, 2.45) is 4.99 Å². The fourth-order valence-corrected chi connectivity index (χ4v) is 4.00. The molecule has 1 aromatic rings. The van der Waals surface area contributed by atoms with Crippen LogP contribution in [0.3, 0.4) is 0 Å². The summed E-state index contributed by atoms with van der Waals surface area (Å²) in [6.45, 7) is 10.9. The van der Waals surface area contributed by atoms with E-state index in [-0.39, 0.29) is 5.54 Å².